The maximum absolute atomic E-state index is 10.2. The summed E-state index contributed by atoms with van der Waals surface area (Å²) in [5.41, 5.74) is 10.7. The molecular formula is C62H50N4. The minimum atomic E-state index is -0.215. The highest BCUT2D eigenvalue weighted by atomic mass is 15.2. The number of para-hydroxylation sites is 4. The first-order chi connectivity index (χ1) is 35.3. The van der Waals surface area contributed by atoms with Crippen LogP contribution in [0.2, 0.25) is 0 Å². The van der Waals surface area contributed by atoms with E-state index < -0.39 is 0 Å². The number of rotatable bonds is 6. The Labute approximate surface area is 396 Å². The lowest BCUT2D eigenvalue weighted by Crippen LogP contribution is -2.11. The van der Waals surface area contributed by atoms with E-state index in [1.165, 1.54) is 0 Å². The second-order valence-electron chi connectivity index (χ2n) is 19.6. The zero-order valence-electron chi connectivity index (χ0n) is 45.6. The molecule has 66 heavy (non-hydrogen) atoms. The minimum Gasteiger partial charge on any atom is -0.310 e. The average molecular weight is 859 g/mol. The largest absolute Gasteiger partial charge is 0.310 e. The van der Waals surface area contributed by atoms with E-state index in [4.69, 9.17) is 5.48 Å². The van der Waals surface area contributed by atoms with Crippen LogP contribution < -0.4 is 9.80 Å². The maximum atomic E-state index is 10.2. The highest BCUT2D eigenvalue weighted by molar-refractivity contribution is 6.32. The topological polar surface area (TPSA) is 15.3 Å². The van der Waals surface area contributed by atoms with Crippen molar-refractivity contribution in [2.75, 3.05) is 9.80 Å². The second-order valence-corrected chi connectivity index (χ2v) is 19.6. The first-order valence-electron chi connectivity index (χ1n) is 26.6. The standard InChI is InChI=1S/C62H50N4/c1-61(2,3)39-27-31-51-49(35-39)57-53(63(41-19-11-7-12-20-41)42-21-13-8-14-22-42)33-29-45-47-38-56-48(37-55(47)65(51)59(45)57)46-30-34-54(64(43-23-15-9-16-24-43)44-25-17-10-18-26-44)58-50-36-40(62(4,5)6)28-32-52(50)66(56)60(46)58/h7-38H,1-6H3/i7D,8D,9D,10D,29D,30D,33D,34D. The van der Waals surface area contributed by atoms with Crippen molar-refractivity contribution < 1.29 is 11.0 Å². The van der Waals surface area contributed by atoms with Crippen molar-refractivity contribution >= 4 is 110 Å². The summed E-state index contributed by atoms with van der Waals surface area (Å²) in [6, 6.07) is 47.7. The Balaban J connectivity index is 1.21. The summed E-state index contributed by atoms with van der Waals surface area (Å²) in [6.45, 7) is 13.1. The van der Waals surface area contributed by atoms with E-state index in [-0.39, 0.29) is 35.0 Å². The summed E-state index contributed by atoms with van der Waals surface area (Å²) in [5, 5.41) is 6.32. The Morgan fingerprint density at radius 3 is 1.02 bits per heavy atom. The van der Waals surface area contributed by atoms with Gasteiger partial charge in [0.15, 0.2) is 0 Å². The number of aromatic nitrogens is 2. The van der Waals surface area contributed by atoms with Crippen LogP contribution in [0.5, 0.6) is 0 Å². The summed E-state index contributed by atoms with van der Waals surface area (Å²) < 4.78 is 78.6. The van der Waals surface area contributed by atoms with E-state index in [1.807, 2.05) is 58.3 Å². The van der Waals surface area contributed by atoms with E-state index in [9.17, 15) is 5.48 Å². The molecule has 0 saturated carbocycles. The number of hydrogen-bond acceptors (Lipinski definition) is 2. The summed E-state index contributed by atoms with van der Waals surface area (Å²) >= 11 is 0. The van der Waals surface area contributed by atoms with Crippen LogP contribution in [-0.4, -0.2) is 8.80 Å². The van der Waals surface area contributed by atoms with Gasteiger partial charge in [0.25, 0.3) is 0 Å². The molecule has 0 unspecified atom stereocenters. The van der Waals surface area contributed by atoms with Crippen LogP contribution in [0.4, 0.5) is 34.1 Å². The van der Waals surface area contributed by atoms with Crippen LogP contribution in [0.25, 0.3) is 76.2 Å². The Hall–Kier alpha value is -7.82. The molecule has 4 nitrogen and oxygen atoms in total. The van der Waals surface area contributed by atoms with Gasteiger partial charge in [-0.25, -0.2) is 0 Å². The Bertz CT molecular complexity index is 4070. The molecule has 9 aromatic carbocycles. The third kappa shape index (κ3) is 5.51. The fourth-order valence-electron chi connectivity index (χ4n) is 10.5. The van der Waals surface area contributed by atoms with Gasteiger partial charge in [0.05, 0.1) is 55.4 Å². The van der Waals surface area contributed by atoms with Gasteiger partial charge in [0.2, 0.25) is 0 Å². The van der Waals surface area contributed by atoms with Crippen LogP contribution in [-0.2, 0) is 10.8 Å². The fraction of sp³-hybridized carbons (Fsp3) is 0.129. The van der Waals surface area contributed by atoms with Crippen LogP contribution in [0, 0.1) is 0 Å². The molecule has 0 amide bonds. The molecule has 0 bridgehead atoms. The molecule has 0 aliphatic carbocycles. The van der Waals surface area contributed by atoms with Gasteiger partial charge in [-0.15, -0.1) is 0 Å². The summed E-state index contributed by atoms with van der Waals surface area (Å²) in [5.74, 6) is 0. The van der Waals surface area contributed by atoms with Crippen LogP contribution >= 0.6 is 0 Å². The molecule has 0 fully saturated rings. The van der Waals surface area contributed by atoms with Crippen molar-refractivity contribution in [1.29, 1.82) is 0 Å². The first kappa shape index (κ1) is 31.1. The lowest BCUT2D eigenvalue weighted by atomic mass is 9.86. The van der Waals surface area contributed by atoms with E-state index in [2.05, 4.69) is 98.9 Å². The number of fused-ring (bicyclic) bond motifs is 12. The molecule has 0 atom stereocenters. The molecule has 4 heterocycles. The second kappa shape index (κ2) is 13.8. The van der Waals surface area contributed by atoms with Gasteiger partial charge in [-0.3, -0.25) is 0 Å². The molecule has 4 aromatic heterocycles. The van der Waals surface area contributed by atoms with Gasteiger partial charge in [-0.2, -0.15) is 0 Å². The Morgan fingerprint density at radius 1 is 0.364 bits per heavy atom. The first-order valence-corrected chi connectivity index (χ1v) is 22.6. The third-order valence-corrected chi connectivity index (χ3v) is 13.6. The maximum Gasteiger partial charge on any atom is 0.0645 e. The van der Waals surface area contributed by atoms with Gasteiger partial charge in [0, 0.05) is 65.8 Å². The molecule has 13 aromatic rings. The molecule has 318 valence electrons. The molecule has 0 aliphatic rings. The molecule has 0 aliphatic heterocycles. The van der Waals surface area contributed by atoms with Gasteiger partial charge in [-0.1, -0.05) is 138 Å². The number of hydrogen-bond donors (Lipinski definition) is 0. The monoisotopic (exact) mass is 858 g/mol. The van der Waals surface area contributed by atoms with Crippen molar-refractivity contribution in [2.45, 2.75) is 52.4 Å². The summed E-state index contributed by atoms with van der Waals surface area (Å²) in [6.07, 6.45) is 0. The van der Waals surface area contributed by atoms with Crippen molar-refractivity contribution in [3.63, 3.8) is 0 Å². The smallest absolute Gasteiger partial charge is 0.0645 e. The third-order valence-electron chi connectivity index (χ3n) is 13.6. The van der Waals surface area contributed by atoms with Crippen molar-refractivity contribution in [1.82, 2.24) is 8.80 Å². The molecule has 0 N–H and O–H groups in total. The highest BCUT2D eigenvalue weighted by Gasteiger charge is 2.29. The van der Waals surface area contributed by atoms with Gasteiger partial charge in [0.1, 0.15) is 0 Å². The molecule has 0 spiro atoms. The predicted octanol–water partition coefficient (Wildman–Crippen LogP) is 17.5. The zero-order chi connectivity index (χ0) is 51.6. The molecule has 13 rings (SSSR count). The number of anilines is 6. The minimum absolute atomic E-state index is 0.0340. The van der Waals surface area contributed by atoms with E-state index in [1.54, 1.807) is 48.5 Å². The van der Waals surface area contributed by atoms with E-state index in [0.29, 0.717) is 69.1 Å². The zero-order valence-corrected chi connectivity index (χ0v) is 37.6. The quantitative estimate of drug-likeness (QED) is 0.166. The van der Waals surface area contributed by atoms with Crippen molar-refractivity contribution in [2.24, 2.45) is 0 Å². The highest BCUT2D eigenvalue weighted by Crippen LogP contribution is 2.52. The molecular weight excluding hydrogens is 801 g/mol. The Kier molecular flexibility index (Phi) is 6.53. The number of benzene rings is 9. The molecule has 0 saturated heterocycles. The van der Waals surface area contributed by atoms with Gasteiger partial charge < -0.3 is 18.6 Å². The lowest BCUT2D eigenvalue weighted by Gasteiger charge is -2.26. The van der Waals surface area contributed by atoms with Crippen LogP contribution in [0.1, 0.15) is 63.6 Å². The molecule has 0 radical (unpaired) electrons. The predicted molar refractivity (Wildman–Crippen MR) is 283 cm³/mol. The van der Waals surface area contributed by atoms with Gasteiger partial charge >= 0.3 is 0 Å². The molecule has 4 heteroatoms. The SMILES string of the molecule is [2H]c1ccc(N(c2ccc([2H])cc2)c2c([2H])c([2H])c3c4cc5c(cc4n4c6ccc(C(C)(C)C)cc6c2c34)c2c([2H])c([2H])c(N(c3ccc([2H])cc3)c3ccc([2H])cc3)c3c4cc(C(C)(C)C)ccc4n5c23)cc1. The number of nitrogens with zero attached hydrogens (tertiary/aromatic N) is 4. The normalized spacial score (nSPS) is 14.4. The van der Waals surface area contributed by atoms with Crippen LogP contribution in [0.3, 0.4) is 0 Å². The van der Waals surface area contributed by atoms with E-state index in [0.717, 1.165) is 76.5 Å². The summed E-state index contributed by atoms with van der Waals surface area (Å²) in [4.78, 5) is 3.98. The Morgan fingerprint density at radius 2 is 0.697 bits per heavy atom. The summed E-state index contributed by atoms with van der Waals surface area (Å²) in [7, 11) is 0. The van der Waals surface area contributed by atoms with Crippen molar-refractivity contribution in [3.05, 3.63) is 205 Å². The van der Waals surface area contributed by atoms with Crippen LogP contribution in [0.15, 0.2) is 194 Å². The van der Waals surface area contributed by atoms with E-state index >= 15 is 0 Å². The van der Waals surface area contributed by atoms with Gasteiger partial charge in [-0.05, 0) is 119 Å². The average Bonchev–Trinajstić information content (AvgIpc) is 4.08. The fourth-order valence-corrected chi connectivity index (χ4v) is 10.5. The lowest BCUT2D eigenvalue weighted by molar-refractivity contribution is 0.591. The van der Waals surface area contributed by atoms with Crippen molar-refractivity contribution in [3.8, 4) is 0 Å².